The van der Waals surface area contributed by atoms with Crippen molar-refractivity contribution in [3.05, 3.63) is 12.4 Å². The van der Waals surface area contributed by atoms with E-state index in [1.54, 1.807) is 14.1 Å². The minimum Gasteiger partial charge on any atom is -0.357 e. The zero-order valence-electron chi connectivity index (χ0n) is 10.6. The molecule has 100 valence electrons. The number of nitrogens with zero attached hydrogens (tertiary/aromatic N) is 3. The number of rotatable bonds is 5. The van der Waals surface area contributed by atoms with Crippen molar-refractivity contribution in [1.29, 1.82) is 0 Å². The summed E-state index contributed by atoms with van der Waals surface area (Å²) in [7, 11) is -0.157. The average Bonchev–Trinajstić information content (AvgIpc) is 2.33. The molecule has 1 heterocycles. The molecule has 1 saturated carbocycles. The lowest BCUT2D eigenvalue weighted by Crippen LogP contribution is -2.34. The van der Waals surface area contributed by atoms with Crippen LogP contribution in [0.3, 0.4) is 0 Å². The van der Waals surface area contributed by atoms with Crippen molar-refractivity contribution in [2.45, 2.75) is 24.2 Å². The third-order valence-corrected chi connectivity index (χ3v) is 5.08. The molecule has 2 rings (SSSR count). The Bertz CT molecular complexity index is 496. The first-order valence-electron chi connectivity index (χ1n) is 6.00. The normalized spacial score (nSPS) is 16.6. The summed E-state index contributed by atoms with van der Waals surface area (Å²) in [6.45, 7) is 0.579. The first kappa shape index (κ1) is 13.2. The van der Waals surface area contributed by atoms with Crippen LogP contribution in [-0.4, -0.2) is 43.3 Å². The predicted octanol–water partition coefficient (Wildman–Crippen LogP) is 0.939. The van der Waals surface area contributed by atoms with Gasteiger partial charge >= 0.3 is 0 Å². The molecule has 0 radical (unpaired) electrons. The van der Waals surface area contributed by atoms with E-state index in [9.17, 15) is 8.42 Å². The highest BCUT2D eigenvalue weighted by molar-refractivity contribution is 7.89. The van der Waals surface area contributed by atoms with E-state index in [1.807, 2.05) is 0 Å². The molecular weight excluding hydrogens is 252 g/mol. The van der Waals surface area contributed by atoms with Crippen molar-refractivity contribution >= 4 is 16.0 Å². The van der Waals surface area contributed by atoms with Crippen molar-refractivity contribution < 1.29 is 8.42 Å². The lowest BCUT2D eigenvalue weighted by molar-refractivity contribution is 0.263. The van der Waals surface area contributed by atoms with Crippen LogP contribution < -0.4 is 5.32 Å². The Labute approximate surface area is 107 Å². The van der Waals surface area contributed by atoms with Crippen molar-refractivity contribution in [3.63, 3.8) is 0 Å². The third kappa shape index (κ3) is 2.62. The molecular formula is C11H18N4O2S. The highest BCUT2D eigenvalue weighted by Gasteiger charge is 2.27. The third-order valence-electron chi connectivity index (χ3n) is 3.30. The number of hydrogen-bond donors (Lipinski definition) is 1. The molecule has 1 N–H and O–H groups in total. The van der Waals surface area contributed by atoms with E-state index in [4.69, 9.17) is 0 Å². The molecule has 1 aromatic heterocycles. The minimum absolute atomic E-state index is 0.142. The minimum atomic E-state index is -3.45. The summed E-state index contributed by atoms with van der Waals surface area (Å²) in [5, 5.41) is 2.75. The maximum Gasteiger partial charge on any atom is 0.245 e. The summed E-state index contributed by atoms with van der Waals surface area (Å²) in [6.07, 6.45) is 6.12. The van der Waals surface area contributed by atoms with Gasteiger partial charge in [-0.3, -0.25) is 0 Å². The monoisotopic (exact) mass is 270 g/mol. The smallest absolute Gasteiger partial charge is 0.245 e. The molecule has 18 heavy (non-hydrogen) atoms. The number of aromatic nitrogens is 2. The Hall–Kier alpha value is -1.21. The molecule has 0 atom stereocenters. The molecule has 0 unspecified atom stereocenters. The highest BCUT2D eigenvalue weighted by atomic mass is 32.2. The second-order valence-corrected chi connectivity index (χ2v) is 6.62. The van der Waals surface area contributed by atoms with E-state index in [2.05, 4.69) is 15.3 Å². The number of hydrogen-bond acceptors (Lipinski definition) is 5. The molecule has 0 spiro atoms. The summed E-state index contributed by atoms with van der Waals surface area (Å²) < 4.78 is 25.9. The average molecular weight is 270 g/mol. The van der Waals surface area contributed by atoms with Gasteiger partial charge in [-0.05, 0) is 18.8 Å². The lowest BCUT2D eigenvalue weighted by atomic mass is 9.86. The van der Waals surface area contributed by atoms with Crippen molar-refractivity contribution in [3.8, 4) is 0 Å². The summed E-state index contributed by atoms with van der Waals surface area (Å²) in [5.41, 5.74) is 0. The lowest BCUT2D eigenvalue weighted by Gasteiger charge is -2.29. The van der Waals surface area contributed by atoms with Gasteiger partial charge < -0.3 is 5.32 Å². The fraction of sp³-hybridized carbons (Fsp3) is 0.636. The van der Waals surface area contributed by atoms with Crippen LogP contribution in [0.4, 0.5) is 5.95 Å². The molecule has 1 aromatic rings. The van der Waals surface area contributed by atoms with Gasteiger partial charge in [-0.15, -0.1) is 0 Å². The standard InChI is InChI=1S/C11H18N4O2S/c1-12-11-13-6-10(7-14-11)18(16,17)15(2)8-9-4-3-5-9/h6-7,9H,3-5,8H2,1-2H3,(H,12,13,14). The molecule has 1 aliphatic carbocycles. The quantitative estimate of drug-likeness (QED) is 0.861. The second kappa shape index (κ2) is 5.19. The van der Waals surface area contributed by atoms with Crippen molar-refractivity contribution in [2.75, 3.05) is 26.0 Å². The molecule has 0 amide bonds. The fourth-order valence-corrected chi connectivity index (χ4v) is 3.03. The SMILES string of the molecule is CNc1ncc(S(=O)(=O)N(C)CC2CCC2)cn1. The van der Waals surface area contributed by atoms with Crippen LogP contribution in [0.1, 0.15) is 19.3 Å². The number of anilines is 1. The van der Waals surface area contributed by atoms with Gasteiger partial charge in [0.15, 0.2) is 0 Å². The topological polar surface area (TPSA) is 75.2 Å². The van der Waals surface area contributed by atoms with Crippen LogP contribution in [0.5, 0.6) is 0 Å². The van der Waals surface area contributed by atoms with Gasteiger partial charge in [0.2, 0.25) is 16.0 Å². The summed E-state index contributed by atoms with van der Waals surface area (Å²) in [4.78, 5) is 8.00. The first-order valence-corrected chi connectivity index (χ1v) is 7.44. The zero-order chi connectivity index (χ0) is 13.2. The molecule has 6 nitrogen and oxygen atoms in total. The fourth-order valence-electron chi connectivity index (χ4n) is 1.90. The number of sulfonamides is 1. The Morgan fingerprint density at radius 3 is 2.44 bits per heavy atom. The molecule has 0 aliphatic heterocycles. The van der Waals surface area contributed by atoms with Gasteiger partial charge in [-0.2, -0.15) is 0 Å². The summed E-state index contributed by atoms with van der Waals surface area (Å²) in [6, 6.07) is 0. The molecule has 0 saturated heterocycles. The predicted molar refractivity (Wildman–Crippen MR) is 68.7 cm³/mol. The first-order chi connectivity index (χ1) is 8.54. The van der Waals surface area contributed by atoms with Gasteiger partial charge in [-0.1, -0.05) is 6.42 Å². The second-order valence-electron chi connectivity index (χ2n) is 4.57. The maximum absolute atomic E-state index is 12.2. The molecule has 0 bridgehead atoms. The van der Waals surface area contributed by atoms with E-state index >= 15 is 0 Å². The van der Waals surface area contributed by atoms with E-state index in [1.165, 1.54) is 23.1 Å². The van der Waals surface area contributed by atoms with Crippen molar-refractivity contribution in [2.24, 2.45) is 5.92 Å². The number of nitrogens with one attached hydrogen (secondary N) is 1. The molecule has 1 fully saturated rings. The molecule has 7 heteroatoms. The Morgan fingerprint density at radius 2 is 2.00 bits per heavy atom. The van der Waals surface area contributed by atoms with Crippen molar-refractivity contribution in [1.82, 2.24) is 14.3 Å². The van der Waals surface area contributed by atoms with E-state index in [0.717, 1.165) is 12.8 Å². The van der Waals surface area contributed by atoms with Crippen LogP contribution in [0.25, 0.3) is 0 Å². The summed E-state index contributed by atoms with van der Waals surface area (Å²) in [5.74, 6) is 0.915. The van der Waals surface area contributed by atoms with E-state index in [-0.39, 0.29) is 4.90 Å². The van der Waals surface area contributed by atoms with Crippen LogP contribution in [0.15, 0.2) is 17.3 Å². The Morgan fingerprint density at radius 1 is 1.39 bits per heavy atom. The van der Waals surface area contributed by atoms with Crippen LogP contribution in [0, 0.1) is 5.92 Å². The van der Waals surface area contributed by atoms with Crippen LogP contribution >= 0.6 is 0 Å². The summed E-state index contributed by atoms with van der Waals surface area (Å²) >= 11 is 0. The maximum atomic E-state index is 12.2. The van der Waals surface area contributed by atoms with Crippen LogP contribution in [0.2, 0.25) is 0 Å². The van der Waals surface area contributed by atoms with Crippen LogP contribution in [-0.2, 0) is 10.0 Å². The molecule has 0 aromatic carbocycles. The zero-order valence-corrected chi connectivity index (χ0v) is 11.4. The van der Waals surface area contributed by atoms with Gasteiger partial charge in [-0.25, -0.2) is 22.7 Å². The highest BCUT2D eigenvalue weighted by Crippen LogP contribution is 2.28. The Balaban J connectivity index is 2.12. The van der Waals surface area contributed by atoms with Gasteiger partial charge in [0.25, 0.3) is 0 Å². The largest absolute Gasteiger partial charge is 0.357 e. The van der Waals surface area contributed by atoms with E-state index in [0.29, 0.717) is 18.4 Å². The van der Waals surface area contributed by atoms with Gasteiger partial charge in [0.1, 0.15) is 4.90 Å². The molecule has 1 aliphatic rings. The van der Waals surface area contributed by atoms with Gasteiger partial charge in [0.05, 0.1) is 12.4 Å². The van der Waals surface area contributed by atoms with E-state index < -0.39 is 10.0 Å². The van der Waals surface area contributed by atoms with Gasteiger partial charge in [0, 0.05) is 20.6 Å². The Kier molecular flexibility index (Phi) is 3.82.